The van der Waals surface area contributed by atoms with Gasteiger partial charge in [-0.1, -0.05) is 12.1 Å². The molecule has 0 fully saturated rings. The Balaban J connectivity index is 2.78. The number of carboxylic acid groups (broad SMARTS) is 1. The highest BCUT2D eigenvalue weighted by atomic mass is 35.5. The molecule has 0 aliphatic carbocycles. The number of hydrogen-bond donors (Lipinski definition) is 1. The van der Waals surface area contributed by atoms with Gasteiger partial charge in [0.2, 0.25) is 0 Å². The summed E-state index contributed by atoms with van der Waals surface area (Å²) in [4.78, 5) is 12.6. The average Bonchev–Trinajstić information content (AvgIpc) is 2.25. The summed E-state index contributed by atoms with van der Waals surface area (Å²) in [7, 11) is 0. The Labute approximate surface area is 101 Å². The van der Waals surface area contributed by atoms with Gasteiger partial charge in [-0.3, -0.25) is 4.79 Å². The quantitative estimate of drug-likeness (QED) is 0.806. The van der Waals surface area contributed by atoms with Crippen molar-refractivity contribution in [1.29, 1.82) is 0 Å². The number of carbonyl (C=O) groups is 1. The number of halogens is 1. The van der Waals surface area contributed by atoms with Gasteiger partial charge in [0.15, 0.2) is 0 Å². The molecule has 0 radical (unpaired) electrons. The molecular weight excluding hydrogens is 226 g/mol. The highest BCUT2D eigenvalue weighted by molar-refractivity contribution is 6.30. The summed E-state index contributed by atoms with van der Waals surface area (Å²) in [6.45, 7) is 5.04. The van der Waals surface area contributed by atoms with Gasteiger partial charge < -0.3 is 10.0 Å². The van der Waals surface area contributed by atoms with Crippen molar-refractivity contribution in [3.63, 3.8) is 0 Å². The SMILES string of the molecule is CCN(CC(Cl)C(=O)O)c1cccc(C)c1. The van der Waals surface area contributed by atoms with E-state index in [0.29, 0.717) is 6.54 Å². The van der Waals surface area contributed by atoms with Crippen LogP contribution in [-0.4, -0.2) is 29.5 Å². The van der Waals surface area contributed by atoms with Crippen molar-refractivity contribution in [3.8, 4) is 0 Å². The fraction of sp³-hybridized carbons (Fsp3) is 0.417. The van der Waals surface area contributed by atoms with E-state index in [9.17, 15) is 4.79 Å². The first-order valence-corrected chi connectivity index (χ1v) is 5.66. The normalized spacial score (nSPS) is 12.2. The molecule has 88 valence electrons. The van der Waals surface area contributed by atoms with Crippen LogP contribution in [-0.2, 0) is 4.79 Å². The van der Waals surface area contributed by atoms with Crippen LogP contribution in [0.25, 0.3) is 0 Å². The summed E-state index contributed by atoms with van der Waals surface area (Å²) in [5.74, 6) is -0.979. The zero-order valence-electron chi connectivity index (χ0n) is 9.48. The smallest absolute Gasteiger partial charge is 0.323 e. The Morgan fingerprint density at radius 1 is 1.56 bits per heavy atom. The molecule has 16 heavy (non-hydrogen) atoms. The van der Waals surface area contributed by atoms with Crippen LogP contribution in [0.2, 0.25) is 0 Å². The van der Waals surface area contributed by atoms with Crippen LogP contribution >= 0.6 is 11.6 Å². The maximum absolute atomic E-state index is 10.7. The summed E-state index contributed by atoms with van der Waals surface area (Å²) in [6, 6.07) is 7.95. The molecule has 0 saturated carbocycles. The first kappa shape index (κ1) is 12.8. The van der Waals surface area contributed by atoms with Crippen molar-refractivity contribution in [1.82, 2.24) is 0 Å². The minimum Gasteiger partial charge on any atom is -0.480 e. The maximum Gasteiger partial charge on any atom is 0.323 e. The van der Waals surface area contributed by atoms with Crippen molar-refractivity contribution in [2.45, 2.75) is 19.2 Å². The van der Waals surface area contributed by atoms with Crippen LogP contribution in [0.1, 0.15) is 12.5 Å². The third-order valence-electron chi connectivity index (χ3n) is 2.40. The van der Waals surface area contributed by atoms with Crippen LogP contribution in [0, 0.1) is 6.92 Å². The van der Waals surface area contributed by atoms with Crippen molar-refractivity contribution in [2.75, 3.05) is 18.0 Å². The van der Waals surface area contributed by atoms with Gasteiger partial charge in [0, 0.05) is 18.8 Å². The molecule has 1 N–H and O–H groups in total. The van der Waals surface area contributed by atoms with Crippen molar-refractivity contribution < 1.29 is 9.90 Å². The summed E-state index contributed by atoms with van der Waals surface area (Å²) in [5, 5.41) is 7.89. The second-order valence-corrected chi connectivity index (χ2v) is 4.21. The molecule has 3 nitrogen and oxygen atoms in total. The van der Waals surface area contributed by atoms with E-state index in [1.165, 1.54) is 0 Å². The number of aryl methyl sites for hydroxylation is 1. The second-order valence-electron chi connectivity index (χ2n) is 3.68. The molecule has 1 unspecified atom stereocenters. The largest absolute Gasteiger partial charge is 0.480 e. The molecule has 0 spiro atoms. The summed E-state index contributed by atoms with van der Waals surface area (Å²) in [5.41, 5.74) is 2.16. The Kier molecular flexibility index (Phi) is 4.62. The topological polar surface area (TPSA) is 40.5 Å². The van der Waals surface area contributed by atoms with E-state index in [2.05, 4.69) is 0 Å². The Bertz CT molecular complexity index is 368. The molecule has 4 heteroatoms. The van der Waals surface area contributed by atoms with Gasteiger partial charge in [0.05, 0.1) is 0 Å². The van der Waals surface area contributed by atoms with Gasteiger partial charge in [-0.25, -0.2) is 0 Å². The number of alkyl halides is 1. The molecule has 0 bridgehead atoms. The van der Waals surface area contributed by atoms with Crippen molar-refractivity contribution in [3.05, 3.63) is 29.8 Å². The molecule has 0 saturated heterocycles. The number of carboxylic acids is 1. The van der Waals surface area contributed by atoms with Crippen LogP contribution in [0.15, 0.2) is 24.3 Å². The number of nitrogens with zero attached hydrogens (tertiary/aromatic N) is 1. The van der Waals surface area contributed by atoms with Gasteiger partial charge >= 0.3 is 5.97 Å². The first-order valence-electron chi connectivity index (χ1n) is 5.23. The lowest BCUT2D eigenvalue weighted by Gasteiger charge is -2.24. The lowest BCUT2D eigenvalue weighted by atomic mass is 10.2. The van der Waals surface area contributed by atoms with Crippen LogP contribution < -0.4 is 4.90 Å². The zero-order chi connectivity index (χ0) is 12.1. The van der Waals surface area contributed by atoms with Crippen molar-refractivity contribution in [2.24, 2.45) is 0 Å². The van der Waals surface area contributed by atoms with E-state index < -0.39 is 11.3 Å². The molecule has 1 aromatic carbocycles. The predicted molar refractivity (Wildman–Crippen MR) is 66.3 cm³/mol. The highest BCUT2D eigenvalue weighted by Crippen LogP contribution is 2.17. The third kappa shape index (κ3) is 3.42. The molecule has 1 aromatic rings. The van der Waals surface area contributed by atoms with E-state index in [4.69, 9.17) is 16.7 Å². The Morgan fingerprint density at radius 2 is 2.25 bits per heavy atom. The first-order chi connectivity index (χ1) is 7.54. The molecular formula is C12H16ClNO2. The predicted octanol–water partition coefficient (Wildman–Crippen LogP) is 2.51. The van der Waals surface area contributed by atoms with Crippen LogP contribution in [0.3, 0.4) is 0 Å². The third-order valence-corrected chi connectivity index (χ3v) is 2.72. The summed E-state index contributed by atoms with van der Waals surface area (Å²) >= 11 is 5.74. The van der Waals surface area contributed by atoms with E-state index in [-0.39, 0.29) is 0 Å². The zero-order valence-corrected chi connectivity index (χ0v) is 10.2. The minimum absolute atomic E-state index is 0.316. The molecule has 0 aromatic heterocycles. The number of rotatable bonds is 5. The second kappa shape index (κ2) is 5.75. The number of benzene rings is 1. The number of aliphatic carboxylic acids is 1. The number of hydrogen-bond acceptors (Lipinski definition) is 2. The van der Waals surface area contributed by atoms with Gasteiger partial charge in [-0.2, -0.15) is 0 Å². The summed E-state index contributed by atoms with van der Waals surface area (Å²) in [6.07, 6.45) is 0. The fourth-order valence-electron chi connectivity index (χ4n) is 1.51. The van der Waals surface area contributed by atoms with Crippen molar-refractivity contribution >= 4 is 23.3 Å². The molecule has 0 aliphatic rings. The van der Waals surface area contributed by atoms with Gasteiger partial charge in [-0.15, -0.1) is 11.6 Å². The molecule has 0 heterocycles. The molecule has 1 atom stereocenters. The molecule has 1 rings (SSSR count). The standard InChI is InChI=1S/C12H16ClNO2/c1-3-14(8-11(13)12(15)16)10-6-4-5-9(2)7-10/h4-7,11H,3,8H2,1-2H3,(H,15,16). The highest BCUT2D eigenvalue weighted by Gasteiger charge is 2.17. The maximum atomic E-state index is 10.7. The Morgan fingerprint density at radius 3 is 2.75 bits per heavy atom. The van der Waals surface area contributed by atoms with Gasteiger partial charge in [-0.05, 0) is 31.5 Å². The van der Waals surface area contributed by atoms with Crippen LogP contribution in [0.4, 0.5) is 5.69 Å². The summed E-state index contributed by atoms with van der Waals surface area (Å²) < 4.78 is 0. The molecule has 0 amide bonds. The lowest BCUT2D eigenvalue weighted by Crippen LogP contribution is -2.33. The van der Waals surface area contributed by atoms with Gasteiger partial charge in [0.1, 0.15) is 5.38 Å². The monoisotopic (exact) mass is 241 g/mol. The average molecular weight is 242 g/mol. The van der Waals surface area contributed by atoms with E-state index in [1.54, 1.807) is 0 Å². The Hall–Kier alpha value is -1.22. The molecule has 0 aliphatic heterocycles. The lowest BCUT2D eigenvalue weighted by molar-refractivity contribution is -0.136. The minimum atomic E-state index is -0.979. The van der Waals surface area contributed by atoms with E-state index >= 15 is 0 Å². The van der Waals surface area contributed by atoms with E-state index in [0.717, 1.165) is 17.8 Å². The van der Waals surface area contributed by atoms with Gasteiger partial charge in [0.25, 0.3) is 0 Å². The number of anilines is 1. The fourth-order valence-corrected chi connectivity index (χ4v) is 1.68. The van der Waals surface area contributed by atoms with Crippen LogP contribution in [0.5, 0.6) is 0 Å². The van der Waals surface area contributed by atoms with E-state index in [1.807, 2.05) is 43.0 Å².